The van der Waals surface area contributed by atoms with E-state index in [1.54, 1.807) is 44.4 Å². The number of hydrogen-bond acceptors (Lipinski definition) is 7. The first kappa shape index (κ1) is 19.7. The number of ether oxygens (including phenoxy) is 1. The van der Waals surface area contributed by atoms with E-state index in [1.807, 2.05) is 13.0 Å². The van der Waals surface area contributed by atoms with Crippen molar-refractivity contribution in [3.8, 4) is 10.6 Å². The van der Waals surface area contributed by atoms with E-state index in [2.05, 4.69) is 10.1 Å². The van der Waals surface area contributed by atoms with Gasteiger partial charge in [-0.25, -0.2) is 8.42 Å². The van der Waals surface area contributed by atoms with Crippen molar-refractivity contribution in [3.63, 3.8) is 0 Å². The third-order valence-corrected chi connectivity index (χ3v) is 7.38. The molecule has 7 nitrogen and oxygen atoms in total. The van der Waals surface area contributed by atoms with Crippen LogP contribution < -0.4 is 0 Å². The Hall–Kier alpha value is -2.07. The van der Waals surface area contributed by atoms with Crippen molar-refractivity contribution in [1.29, 1.82) is 0 Å². The summed E-state index contributed by atoms with van der Waals surface area (Å²) < 4.78 is 38.4. The number of hydrogen-bond donors (Lipinski definition) is 0. The molecule has 3 aromatic rings. The molecule has 0 aliphatic carbocycles. The van der Waals surface area contributed by atoms with Gasteiger partial charge in [-0.2, -0.15) is 4.31 Å². The van der Waals surface area contributed by atoms with Crippen LogP contribution in [0.4, 0.5) is 0 Å². The molecule has 27 heavy (non-hydrogen) atoms. The minimum absolute atomic E-state index is 0.198. The van der Waals surface area contributed by atoms with Crippen LogP contribution in [0.3, 0.4) is 0 Å². The highest BCUT2D eigenvalue weighted by Crippen LogP contribution is 2.36. The number of aryl methyl sites for hydroxylation is 2. The summed E-state index contributed by atoms with van der Waals surface area (Å²) in [5.41, 5.74) is 1.37. The van der Waals surface area contributed by atoms with Crippen molar-refractivity contribution in [2.24, 2.45) is 0 Å². The fourth-order valence-corrected chi connectivity index (χ4v) is 5.58. The number of nitrogens with zero attached hydrogens (tertiary/aromatic N) is 3. The Morgan fingerprint density at radius 2 is 2.07 bits per heavy atom. The molecule has 0 saturated carbocycles. The van der Waals surface area contributed by atoms with E-state index in [1.165, 1.54) is 22.8 Å². The molecule has 0 aliphatic heterocycles. The standard InChI is InChI=1S/C18H21N3O4S2/c1-12-9-16(25-20-12)17-10-18(13(2)26-17)27(22,23)21(3)15(11-24-4)14-7-5-6-8-19-14/h5-10,15H,11H2,1-4H3. The first-order valence-electron chi connectivity index (χ1n) is 8.26. The highest BCUT2D eigenvalue weighted by Gasteiger charge is 2.32. The van der Waals surface area contributed by atoms with Gasteiger partial charge in [-0.05, 0) is 32.0 Å². The SMILES string of the molecule is COCC(c1ccccn1)N(C)S(=O)(=O)c1cc(-c2cc(C)no2)sc1C. The quantitative estimate of drug-likeness (QED) is 0.596. The maximum absolute atomic E-state index is 13.3. The van der Waals surface area contributed by atoms with Crippen LogP contribution >= 0.6 is 11.3 Å². The summed E-state index contributed by atoms with van der Waals surface area (Å²) in [5, 5.41) is 3.87. The fraction of sp³-hybridized carbons (Fsp3) is 0.333. The average Bonchev–Trinajstić information content (AvgIpc) is 3.26. The number of pyridine rings is 1. The monoisotopic (exact) mass is 407 g/mol. The summed E-state index contributed by atoms with van der Waals surface area (Å²) in [6.07, 6.45) is 1.64. The highest BCUT2D eigenvalue weighted by molar-refractivity contribution is 7.89. The predicted octanol–water partition coefficient (Wildman–Crippen LogP) is 3.42. The molecule has 0 spiro atoms. The third kappa shape index (κ3) is 3.96. The van der Waals surface area contributed by atoms with Gasteiger partial charge >= 0.3 is 0 Å². The molecular weight excluding hydrogens is 386 g/mol. The minimum atomic E-state index is -3.76. The Labute approximate surface area is 162 Å². The summed E-state index contributed by atoms with van der Waals surface area (Å²) in [4.78, 5) is 5.95. The van der Waals surface area contributed by atoms with Crippen molar-refractivity contribution in [1.82, 2.24) is 14.4 Å². The van der Waals surface area contributed by atoms with E-state index in [0.717, 1.165) is 10.6 Å². The lowest BCUT2D eigenvalue weighted by Gasteiger charge is -2.26. The van der Waals surface area contributed by atoms with Crippen LogP contribution in [0.25, 0.3) is 10.6 Å². The van der Waals surface area contributed by atoms with E-state index >= 15 is 0 Å². The van der Waals surface area contributed by atoms with Gasteiger partial charge in [0, 0.05) is 31.3 Å². The van der Waals surface area contributed by atoms with Crippen molar-refractivity contribution in [2.75, 3.05) is 20.8 Å². The Bertz CT molecular complexity index is 1010. The first-order chi connectivity index (χ1) is 12.8. The number of rotatable bonds is 7. The highest BCUT2D eigenvalue weighted by atomic mass is 32.2. The summed E-state index contributed by atoms with van der Waals surface area (Å²) in [5.74, 6) is 0.558. The molecule has 1 unspecified atom stereocenters. The second-order valence-electron chi connectivity index (χ2n) is 6.11. The molecule has 3 heterocycles. The molecule has 0 saturated heterocycles. The predicted molar refractivity (Wildman–Crippen MR) is 103 cm³/mol. The van der Waals surface area contributed by atoms with Gasteiger partial charge in [0.15, 0.2) is 5.76 Å². The maximum Gasteiger partial charge on any atom is 0.244 e. The van der Waals surface area contributed by atoms with Crippen LogP contribution in [0.15, 0.2) is 45.9 Å². The Balaban J connectivity index is 1.98. The van der Waals surface area contributed by atoms with Gasteiger partial charge in [-0.1, -0.05) is 11.2 Å². The van der Waals surface area contributed by atoms with Gasteiger partial charge in [0.1, 0.15) is 0 Å². The largest absolute Gasteiger partial charge is 0.383 e. The number of likely N-dealkylation sites (N-methyl/N-ethyl adjacent to an activating group) is 1. The molecule has 0 amide bonds. The smallest absolute Gasteiger partial charge is 0.244 e. The molecule has 0 fully saturated rings. The average molecular weight is 408 g/mol. The Kier molecular flexibility index (Phi) is 5.75. The van der Waals surface area contributed by atoms with Crippen molar-refractivity contribution >= 4 is 21.4 Å². The zero-order valence-electron chi connectivity index (χ0n) is 15.5. The topological polar surface area (TPSA) is 85.5 Å². The van der Waals surface area contributed by atoms with Crippen molar-refractivity contribution < 1.29 is 17.7 Å². The van der Waals surface area contributed by atoms with Gasteiger partial charge in [0.25, 0.3) is 0 Å². The molecular formula is C18H21N3O4S2. The zero-order valence-corrected chi connectivity index (χ0v) is 17.2. The Morgan fingerprint density at radius 1 is 1.30 bits per heavy atom. The second-order valence-corrected chi connectivity index (χ2v) is 9.33. The van der Waals surface area contributed by atoms with Crippen LogP contribution in [0.5, 0.6) is 0 Å². The molecule has 0 aromatic carbocycles. The van der Waals surface area contributed by atoms with Crippen LogP contribution in [-0.4, -0.2) is 43.6 Å². The molecule has 0 N–H and O–H groups in total. The second kappa shape index (κ2) is 7.89. The van der Waals surface area contributed by atoms with E-state index < -0.39 is 16.1 Å². The minimum Gasteiger partial charge on any atom is -0.383 e. The van der Waals surface area contributed by atoms with Crippen LogP contribution in [0.2, 0.25) is 0 Å². The molecule has 3 aromatic heterocycles. The lowest BCUT2D eigenvalue weighted by Crippen LogP contribution is -2.34. The van der Waals surface area contributed by atoms with E-state index in [-0.39, 0.29) is 11.5 Å². The molecule has 3 rings (SSSR count). The maximum atomic E-state index is 13.3. The van der Waals surface area contributed by atoms with Crippen LogP contribution in [0, 0.1) is 13.8 Å². The van der Waals surface area contributed by atoms with Gasteiger partial charge in [-0.15, -0.1) is 11.3 Å². The van der Waals surface area contributed by atoms with Crippen molar-refractivity contribution in [3.05, 3.63) is 52.8 Å². The van der Waals surface area contributed by atoms with Gasteiger partial charge in [0.2, 0.25) is 10.0 Å². The number of methoxy groups -OCH3 is 1. The lowest BCUT2D eigenvalue weighted by molar-refractivity contribution is 0.140. The molecule has 0 aliphatic rings. The number of sulfonamides is 1. The molecule has 0 radical (unpaired) electrons. The summed E-state index contributed by atoms with van der Waals surface area (Å²) in [7, 11) is -0.675. The van der Waals surface area contributed by atoms with Gasteiger partial charge < -0.3 is 9.26 Å². The number of aromatic nitrogens is 2. The Morgan fingerprint density at radius 3 is 2.67 bits per heavy atom. The molecule has 9 heteroatoms. The first-order valence-corrected chi connectivity index (χ1v) is 10.5. The van der Waals surface area contributed by atoms with E-state index in [0.29, 0.717) is 16.3 Å². The summed E-state index contributed by atoms with van der Waals surface area (Å²) in [6.45, 7) is 3.80. The fourth-order valence-electron chi connectivity index (χ4n) is 2.75. The molecule has 144 valence electrons. The van der Waals surface area contributed by atoms with E-state index in [4.69, 9.17) is 9.26 Å². The summed E-state index contributed by atoms with van der Waals surface area (Å²) >= 11 is 1.36. The van der Waals surface area contributed by atoms with Crippen LogP contribution in [0.1, 0.15) is 22.3 Å². The van der Waals surface area contributed by atoms with Gasteiger partial charge in [0.05, 0.1) is 33.8 Å². The lowest BCUT2D eigenvalue weighted by atomic mass is 10.2. The van der Waals surface area contributed by atoms with Crippen LogP contribution in [-0.2, 0) is 14.8 Å². The summed E-state index contributed by atoms with van der Waals surface area (Å²) in [6, 6.07) is 8.29. The third-order valence-electron chi connectivity index (χ3n) is 4.19. The number of thiophene rings is 1. The molecule has 0 bridgehead atoms. The van der Waals surface area contributed by atoms with E-state index in [9.17, 15) is 8.42 Å². The van der Waals surface area contributed by atoms with Gasteiger partial charge in [-0.3, -0.25) is 4.98 Å². The zero-order chi connectivity index (χ0) is 19.6. The van der Waals surface area contributed by atoms with Crippen molar-refractivity contribution in [2.45, 2.75) is 24.8 Å². The molecule has 1 atom stereocenters. The normalized spacial score (nSPS) is 13.2.